The van der Waals surface area contributed by atoms with Gasteiger partial charge >= 0.3 is 0 Å². The van der Waals surface area contributed by atoms with Gasteiger partial charge in [-0.15, -0.1) is 11.3 Å². The van der Waals surface area contributed by atoms with Gasteiger partial charge < -0.3 is 10.3 Å². The van der Waals surface area contributed by atoms with Gasteiger partial charge in [0.25, 0.3) is 5.91 Å². The van der Waals surface area contributed by atoms with Crippen LogP contribution in [0.15, 0.2) is 32.1 Å². The molecule has 0 unspecified atom stereocenters. The summed E-state index contributed by atoms with van der Waals surface area (Å²) >= 11 is 8.19. The van der Waals surface area contributed by atoms with E-state index in [4.69, 9.17) is 0 Å². The largest absolute Gasteiger partial charge is 0.367 e. The van der Waals surface area contributed by atoms with E-state index in [2.05, 4.69) is 42.2 Å². The fraction of sp³-hybridized carbons (Fsp3) is 0.100. The van der Waals surface area contributed by atoms with E-state index in [0.29, 0.717) is 12.1 Å². The van der Waals surface area contributed by atoms with Gasteiger partial charge in [-0.3, -0.25) is 4.79 Å². The summed E-state index contributed by atoms with van der Waals surface area (Å²) in [6.07, 6.45) is 3.69. The zero-order chi connectivity index (χ0) is 11.5. The molecule has 0 aromatic carbocycles. The molecular formula is C10H8Br2N2OS. The predicted octanol–water partition coefficient (Wildman–Crippen LogP) is 3.53. The van der Waals surface area contributed by atoms with E-state index in [9.17, 15) is 4.79 Å². The molecule has 0 bridgehead atoms. The highest BCUT2D eigenvalue weighted by Gasteiger charge is 2.13. The minimum atomic E-state index is -0.0741. The van der Waals surface area contributed by atoms with Gasteiger partial charge in [0, 0.05) is 18.9 Å². The lowest BCUT2D eigenvalue weighted by molar-refractivity contribution is 0.0950. The SMILES string of the molecule is O=C(NCc1cc[nH]c1)c1cc(Br)sc1Br. The van der Waals surface area contributed by atoms with Crippen LogP contribution in [0, 0.1) is 0 Å². The third-order valence-electron chi connectivity index (χ3n) is 2.02. The Morgan fingerprint density at radius 1 is 1.50 bits per heavy atom. The molecule has 3 nitrogen and oxygen atoms in total. The van der Waals surface area contributed by atoms with E-state index in [0.717, 1.165) is 13.1 Å². The lowest BCUT2D eigenvalue weighted by atomic mass is 10.3. The van der Waals surface area contributed by atoms with Crippen molar-refractivity contribution in [2.75, 3.05) is 0 Å². The lowest BCUT2D eigenvalue weighted by Gasteiger charge is -2.02. The van der Waals surface area contributed by atoms with Crippen LogP contribution in [0.25, 0.3) is 0 Å². The third kappa shape index (κ3) is 2.75. The monoisotopic (exact) mass is 362 g/mol. The molecule has 0 spiro atoms. The summed E-state index contributed by atoms with van der Waals surface area (Å²) in [5, 5.41) is 2.85. The second kappa shape index (κ2) is 5.16. The molecule has 0 radical (unpaired) electrons. The van der Waals surface area contributed by atoms with Crippen LogP contribution >= 0.6 is 43.2 Å². The van der Waals surface area contributed by atoms with Crippen molar-refractivity contribution in [1.82, 2.24) is 10.3 Å². The lowest BCUT2D eigenvalue weighted by Crippen LogP contribution is -2.22. The molecule has 2 aromatic heterocycles. The first-order chi connectivity index (χ1) is 7.66. The fourth-order valence-corrected chi connectivity index (χ4v) is 4.03. The Kier molecular flexibility index (Phi) is 3.83. The van der Waals surface area contributed by atoms with Crippen LogP contribution in [-0.4, -0.2) is 10.9 Å². The van der Waals surface area contributed by atoms with E-state index in [1.807, 2.05) is 18.5 Å². The highest BCUT2D eigenvalue weighted by Crippen LogP contribution is 2.31. The smallest absolute Gasteiger partial charge is 0.253 e. The van der Waals surface area contributed by atoms with Crippen LogP contribution in [0.2, 0.25) is 0 Å². The van der Waals surface area contributed by atoms with Crippen LogP contribution in [0.3, 0.4) is 0 Å². The summed E-state index contributed by atoms with van der Waals surface area (Å²) in [5.41, 5.74) is 1.71. The van der Waals surface area contributed by atoms with Crippen molar-refractivity contribution in [2.24, 2.45) is 0 Å². The van der Waals surface area contributed by atoms with Crippen molar-refractivity contribution in [3.05, 3.63) is 43.2 Å². The first-order valence-corrected chi connectivity index (χ1v) is 6.92. The van der Waals surface area contributed by atoms with E-state index >= 15 is 0 Å². The van der Waals surface area contributed by atoms with E-state index in [1.165, 1.54) is 11.3 Å². The number of hydrogen-bond donors (Lipinski definition) is 2. The molecule has 0 aliphatic carbocycles. The number of nitrogens with one attached hydrogen (secondary N) is 2. The Hall–Kier alpha value is -0.590. The van der Waals surface area contributed by atoms with Gasteiger partial charge in [0.15, 0.2) is 0 Å². The van der Waals surface area contributed by atoms with Crippen LogP contribution < -0.4 is 5.32 Å². The van der Waals surface area contributed by atoms with Gasteiger partial charge in [0.05, 0.1) is 13.1 Å². The number of halogens is 2. The van der Waals surface area contributed by atoms with Crippen molar-refractivity contribution in [3.8, 4) is 0 Å². The molecular weight excluding hydrogens is 356 g/mol. The van der Waals surface area contributed by atoms with E-state index < -0.39 is 0 Å². The topological polar surface area (TPSA) is 44.9 Å². The molecule has 2 N–H and O–H groups in total. The second-order valence-electron chi connectivity index (χ2n) is 3.14. The summed E-state index contributed by atoms with van der Waals surface area (Å²) in [6.45, 7) is 0.530. The van der Waals surface area contributed by atoms with Gasteiger partial charge in [-0.25, -0.2) is 0 Å². The highest BCUT2D eigenvalue weighted by molar-refractivity contribution is 9.12. The molecule has 0 aliphatic heterocycles. The number of carbonyl (C=O) groups excluding carboxylic acids is 1. The maximum atomic E-state index is 11.8. The zero-order valence-electron chi connectivity index (χ0n) is 8.09. The Balaban J connectivity index is 2.01. The number of H-pyrrole nitrogens is 1. The summed E-state index contributed by atoms with van der Waals surface area (Å²) < 4.78 is 1.78. The molecule has 0 saturated heterocycles. The second-order valence-corrected chi connectivity index (χ2v) is 6.89. The minimum absolute atomic E-state index is 0.0741. The normalized spacial score (nSPS) is 10.4. The highest BCUT2D eigenvalue weighted by atomic mass is 79.9. The Morgan fingerprint density at radius 3 is 2.88 bits per heavy atom. The van der Waals surface area contributed by atoms with Gasteiger partial charge in [-0.1, -0.05) is 0 Å². The number of thiophene rings is 1. The minimum Gasteiger partial charge on any atom is -0.367 e. The molecule has 6 heteroatoms. The number of aromatic amines is 1. The molecule has 2 aromatic rings. The van der Waals surface area contributed by atoms with Gasteiger partial charge in [0.1, 0.15) is 0 Å². The summed E-state index contributed by atoms with van der Waals surface area (Å²) in [7, 11) is 0. The predicted molar refractivity (Wildman–Crippen MR) is 71.7 cm³/mol. The van der Waals surface area contributed by atoms with Crippen molar-refractivity contribution in [1.29, 1.82) is 0 Å². The number of hydrogen-bond acceptors (Lipinski definition) is 2. The number of carbonyl (C=O) groups is 1. The molecule has 2 heterocycles. The van der Waals surface area contributed by atoms with E-state index in [1.54, 1.807) is 6.07 Å². The molecule has 2 rings (SSSR count). The first kappa shape index (κ1) is 11.9. The number of aromatic nitrogens is 1. The summed E-state index contributed by atoms with van der Waals surface area (Å²) in [4.78, 5) is 14.8. The van der Waals surface area contributed by atoms with Crippen molar-refractivity contribution in [3.63, 3.8) is 0 Å². The standard InChI is InChI=1S/C10H8Br2N2OS/c11-8-3-7(9(12)16-8)10(15)14-5-6-1-2-13-4-6/h1-4,13H,5H2,(H,14,15). The van der Waals surface area contributed by atoms with Gasteiger partial charge in [-0.2, -0.15) is 0 Å². The molecule has 0 aliphatic rings. The molecule has 84 valence electrons. The number of amides is 1. The Labute approximate surface area is 114 Å². The van der Waals surface area contributed by atoms with Crippen molar-refractivity contribution in [2.45, 2.75) is 6.54 Å². The molecule has 0 saturated carbocycles. The first-order valence-electron chi connectivity index (χ1n) is 4.51. The number of rotatable bonds is 3. The van der Waals surface area contributed by atoms with Crippen LogP contribution in [0.1, 0.15) is 15.9 Å². The third-order valence-corrected chi connectivity index (χ3v) is 4.36. The Morgan fingerprint density at radius 2 is 2.31 bits per heavy atom. The molecule has 16 heavy (non-hydrogen) atoms. The average molecular weight is 364 g/mol. The Bertz CT molecular complexity index is 493. The average Bonchev–Trinajstić information content (AvgIpc) is 2.84. The summed E-state index contributed by atoms with van der Waals surface area (Å²) in [5.74, 6) is -0.0741. The maximum Gasteiger partial charge on any atom is 0.253 e. The summed E-state index contributed by atoms with van der Waals surface area (Å²) in [6, 6.07) is 3.74. The van der Waals surface area contributed by atoms with Crippen molar-refractivity contribution < 1.29 is 4.79 Å². The van der Waals surface area contributed by atoms with E-state index in [-0.39, 0.29) is 5.91 Å². The van der Waals surface area contributed by atoms with Crippen LogP contribution in [-0.2, 0) is 6.54 Å². The van der Waals surface area contributed by atoms with Crippen LogP contribution in [0.5, 0.6) is 0 Å². The van der Waals surface area contributed by atoms with Crippen molar-refractivity contribution >= 4 is 49.1 Å². The van der Waals surface area contributed by atoms with Gasteiger partial charge in [0.2, 0.25) is 0 Å². The molecule has 1 amide bonds. The van der Waals surface area contributed by atoms with Gasteiger partial charge in [-0.05, 0) is 49.6 Å². The maximum absolute atomic E-state index is 11.8. The molecule has 0 fully saturated rings. The fourth-order valence-electron chi connectivity index (χ4n) is 1.24. The quantitative estimate of drug-likeness (QED) is 0.860. The zero-order valence-corrected chi connectivity index (χ0v) is 12.1. The van der Waals surface area contributed by atoms with Crippen LogP contribution in [0.4, 0.5) is 0 Å². The molecule has 0 atom stereocenters.